The largest absolute Gasteiger partial charge is 0.356 e. The van der Waals surface area contributed by atoms with Crippen LogP contribution in [0.4, 0.5) is 0 Å². The number of hydrogen-bond donors (Lipinski definition) is 3. The molecule has 0 bridgehead atoms. The van der Waals surface area contributed by atoms with Crippen molar-refractivity contribution < 1.29 is 9.59 Å². The van der Waals surface area contributed by atoms with Gasteiger partial charge in [-0.3, -0.25) is 9.59 Å². The number of nitrogens with zero attached hydrogens (tertiary/aromatic N) is 2. The van der Waals surface area contributed by atoms with E-state index in [-0.39, 0.29) is 18.4 Å². The molecule has 0 aliphatic rings. The summed E-state index contributed by atoms with van der Waals surface area (Å²) in [6, 6.07) is 7.68. The molecule has 0 saturated heterocycles. The van der Waals surface area contributed by atoms with Crippen LogP contribution >= 0.6 is 23.4 Å². The van der Waals surface area contributed by atoms with Gasteiger partial charge in [-0.05, 0) is 45.0 Å². The molecule has 0 fully saturated rings. The Kier molecular flexibility index (Phi) is 10.9. The summed E-state index contributed by atoms with van der Waals surface area (Å²) in [5.74, 6) is 1.19. The highest BCUT2D eigenvalue weighted by atomic mass is 35.5. The van der Waals surface area contributed by atoms with Gasteiger partial charge >= 0.3 is 0 Å². The molecule has 9 heteroatoms. The van der Waals surface area contributed by atoms with E-state index >= 15 is 0 Å². The molecule has 3 N–H and O–H groups in total. The molecule has 0 spiro atoms. The van der Waals surface area contributed by atoms with Crippen LogP contribution in [0.25, 0.3) is 0 Å². The van der Waals surface area contributed by atoms with Crippen molar-refractivity contribution in [1.29, 1.82) is 0 Å². The van der Waals surface area contributed by atoms with E-state index < -0.39 is 5.41 Å². The van der Waals surface area contributed by atoms with Gasteiger partial charge in [-0.1, -0.05) is 11.6 Å². The summed E-state index contributed by atoms with van der Waals surface area (Å²) in [6.45, 7) is 7.28. The Balaban J connectivity index is 2.62. The van der Waals surface area contributed by atoms with Crippen LogP contribution in [0.15, 0.2) is 34.2 Å². The maximum absolute atomic E-state index is 12.2. The fourth-order valence-corrected chi connectivity index (χ4v) is 3.01. The monoisotopic (exact) mass is 441 g/mol. The van der Waals surface area contributed by atoms with Gasteiger partial charge in [-0.2, -0.15) is 0 Å². The molecule has 0 aromatic heterocycles. The number of guanidine groups is 1. The van der Waals surface area contributed by atoms with Gasteiger partial charge in [-0.25, -0.2) is 4.99 Å². The Bertz CT molecular complexity index is 693. The number of aliphatic imine (C=N–C) groups is 1. The average molecular weight is 442 g/mol. The van der Waals surface area contributed by atoms with Crippen LogP contribution in [0.1, 0.15) is 20.8 Å². The number of rotatable bonds is 10. The van der Waals surface area contributed by atoms with Gasteiger partial charge in [0.15, 0.2) is 5.96 Å². The van der Waals surface area contributed by atoms with Crippen molar-refractivity contribution in [2.24, 2.45) is 10.4 Å². The molecule has 2 amide bonds. The fraction of sp³-hybridized carbons (Fsp3) is 0.550. The topological polar surface area (TPSA) is 85.8 Å². The van der Waals surface area contributed by atoms with Crippen molar-refractivity contribution in [2.75, 3.05) is 46.0 Å². The molecule has 0 radical (unpaired) electrons. The van der Waals surface area contributed by atoms with Crippen LogP contribution in [0.5, 0.6) is 0 Å². The number of likely N-dealkylation sites (N-methyl/N-ethyl adjacent to an activating group) is 1. The molecule has 1 aromatic carbocycles. The SMILES string of the molecule is CCNC(=O)C(C)(C)CNC(=NCC(=O)N(C)C)NCCSc1ccc(Cl)cc1. The second kappa shape index (κ2) is 12.6. The van der Waals surface area contributed by atoms with Crippen molar-refractivity contribution in [3.05, 3.63) is 29.3 Å². The number of hydrogen-bond acceptors (Lipinski definition) is 4. The molecule has 0 unspecified atom stereocenters. The maximum Gasteiger partial charge on any atom is 0.243 e. The zero-order valence-corrected chi connectivity index (χ0v) is 19.4. The highest BCUT2D eigenvalue weighted by Crippen LogP contribution is 2.19. The Hall–Kier alpha value is -1.93. The number of carbonyl (C=O) groups excluding carboxylic acids is 2. The molecular weight excluding hydrogens is 410 g/mol. The smallest absolute Gasteiger partial charge is 0.243 e. The summed E-state index contributed by atoms with van der Waals surface area (Å²) in [6.07, 6.45) is 0. The van der Waals surface area contributed by atoms with Crippen LogP contribution in [0.3, 0.4) is 0 Å². The molecule has 162 valence electrons. The van der Waals surface area contributed by atoms with Crippen LogP contribution in [0.2, 0.25) is 5.02 Å². The first-order valence-electron chi connectivity index (χ1n) is 9.54. The van der Waals surface area contributed by atoms with E-state index in [0.717, 1.165) is 10.6 Å². The highest BCUT2D eigenvalue weighted by molar-refractivity contribution is 7.99. The van der Waals surface area contributed by atoms with E-state index in [1.807, 2.05) is 45.0 Å². The van der Waals surface area contributed by atoms with Gasteiger partial charge in [0.1, 0.15) is 6.54 Å². The second-order valence-electron chi connectivity index (χ2n) is 7.28. The third-order valence-electron chi connectivity index (χ3n) is 4.00. The lowest BCUT2D eigenvalue weighted by Gasteiger charge is -2.25. The Morgan fingerprint density at radius 2 is 1.79 bits per heavy atom. The van der Waals surface area contributed by atoms with Crippen LogP contribution < -0.4 is 16.0 Å². The number of amides is 2. The predicted octanol–water partition coefficient (Wildman–Crippen LogP) is 2.22. The molecular formula is C20H32ClN5O2S. The van der Waals surface area contributed by atoms with Gasteiger partial charge in [0.25, 0.3) is 0 Å². The van der Waals surface area contributed by atoms with E-state index in [0.29, 0.717) is 30.6 Å². The normalized spacial score (nSPS) is 11.7. The van der Waals surface area contributed by atoms with Crippen molar-refractivity contribution in [3.63, 3.8) is 0 Å². The van der Waals surface area contributed by atoms with Crippen molar-refractivity contribution in [3.8, 4) is 0 Å². The van der Waals surface area contributed by atoms with E-state index in [1.54, 1.807) is 25.9 Å². The Morgan fingerprint density at radius 3 is 2.38 bits per heavy atom. The number of halogens is 1. The third kappa shape index (κ3) is 9.89. The summed E-state index contributed by atoms with van der Waals surface area (Å²) >= 11 is 7.60. The minimum absolute atomic E-state index is 0.0329. The first-order valence-corrected chi connectivity index (χ1v) is 10.9. The molecule has 1 rings (SSSR count). The van der Waals surface area contributed by atoms with E-state index in [2.05, 4.69) is 20.9 Å². The number of carbonyl (C=O) groups is 2. The van der Waals surface area contributed by atoms with Crippen LogP contribution in [-0.4, -0.2) is 68.7 Å². The van der Waals surface area contributed by atoms with Gasteiger partial charge in [0, 0.05) is 49.4 Å². The zero-order chi connectivity index (χ0) is 21.9. The van der Waals surface area contributed by atoms with Crippen LogP contribution in [-0.2, 0) is 9.59 Å². The van der Waals surface area contributed by atoms with E-state index in [1.165, 1.54) is 4.90 Å². The summed E-state index contributed by atoms with van der Waals surface area (Å²) in [7, 11) is 3.39. The van der Waals surface area contributed by atoms with Crippen molar-refractivity contribution in [2.45, 2.75) is 25.7 Å². The molecule has 0 aliphatic heterocycles. The maximum atomic E-state index is 12.2. The van der Waals surface area contributed by atoms with Gasteiger partial charge in [-0.15, -0.1) is 11.8 Å². The molecule has 0 aliphatic carbocycles. The molecule has 0 saturated carbocycles. The summed E-state index contributed by atoms with van der Waals surface area (Å²) in [5.41, 5.74) is -0.609. The quantitative estimate of drug-likeness (QED) is 0.224. The molecule has 7 nitrogen and oxygen atoms in total. The van der Waals surface area contributed by atoms with Gasteiger partial charge < -0.3 is 20.9 Å². The van der Waals surface area contributed by atoms with E-state index in [4.69, 9.17) is 11.6 Å². The van der Waals surface area contributed by atoms with E-state index in [9.17, 15) is 9.59 Å². The van der Waals surface area contributed by atoms with Gasteiger partial charge in [0.2, 0.25) is 11.8 Å². The molecule has 29 heavy (non-hydrogen) atoms. The molecule has 1 aromatic rings. The molecule has 0 atom stereocenters. The number of nitrogens with one attached hydrogen (secondary N) is 3. The van der Waals surface area contributed by atoms with Crippen LogP contribution in [0, 0.1) is 5.41 Å². The molecule has 0 heterocycles. The minimum atomic E-state index is -0.609. The summed E-state index contributed by atoms with van der Waals surface area (Å²) < 4.78 is 0. The first kappa shape index (κ1) is 25.1. The minimum Gasteiger partial charge on any atom is -0.356 e. The second-order valence-corrected chi connectivity index (χ2v) is 8.88. The van der Waals surface area contributed by atoms with Crippen molar-refractivity contribution >= 4 is 41.1 Å². The standard InChI is InChI=1S/C20H32ClN5O2S/c1-6-22-18(28)20(2,3)14-25-19(24-13-17(27)26(4)5)23-11-12-29-16-9-7-15(21)8-10-16/h7-10H,6,11-14H2,1-5H3,(H,22,28)(H2,23,24,25). The van der Waals surface area contributed by atoms with Crippen molar-refractivity contribution in [1.82, 2.24) is 20.9 Å². The lowest BCUT2D eigenvalue weighted by molar-refractivity contribution is -0.129. The van der Waals surface area contributed by atoms with Gasteiger partial charge in [0.05, 0.1) is 5.41 Å². The Labute approximate surface area is 183 Å². The Morgan fingerprint density at radius 1 is 1.14 bits per heavy atom. The zero-order valence-electron chi connectivity index (χ0n) is 17.8. The predicted molar refractivity (Wildman–Crippen MR) is 122 cm³/mol. The third-order valence-corrected chi connectivity index (χ3v) is 5.26. The highest BCUT2D eigenvalue weighted by Gasteiger charge is 2.27. The average Bonchev–Trinajstić information content (AvgIpc) is 2.67. The lowest BCUT2D eigenvalue weighted by atomic mass is 9.92. The lowest BCUT2D eigenvalue weighted by Crippen LogP contribution is -2.48. The summed E-state index contributed by atoms with van der Waals surface area (Å²) in [4.78, 5) is 31.0. The first-order chi connectivity index (χ1) is 13.7. The summed E-state index contributed by atoms with van der Waals surface area (Å²) in [5, 5.41) is 9.96. The fourth-order valence-electron chi connectivity index (χ4n) is 2.12. The number of thioether (sulfide) groups is 1. The number of benzene rings is 1.